The predicted molar refractivity (Wildman–Crippen MR) is 101 cm³/mol. The van der Waals surface area contributed by atoms with Crippen LogP contribution in [0.4, 0.5) is 0 Å². The van der Waals surface area contributed by atoms with Crippen molar-refractivity contribution in [3.63, 3.8) is 0 Å². The Balaban J connectivity index is 1.81. The first-order valence-corrected chi connectivity index (χ1v) is 9.38. The van der Waals surface area contributed by atoms with E-state index in [-0.39, 0.29) is 17.4 Å². The molecule has 0 spiro atoms. The number of likely N-dealkylation sites (tertiary alicyclic amines) is 1. The van der Waals surface area contributed by atoms with Gasteiger partial charge < -0.3 is 14.3 Å². The third-order valence-corrected chi connectivity index (χ3v) is 5.21. The van der Waals surface area contributed by atoms with E-state index in [1.165, 1.54) is 18.5 Å². The first kappa shape index (κ1) is 18.7. The van der Waals surface area contributed by atoms with Crippen molar-refractivity contribution < 1.29 is 9.21 Å². The number of aromatic nitrogens is 2. The molecular weight excluding hydrogens is 328 g/mol. The van der Waals surface area contributed by atoms with Crippen LogP contribution in [0, 0.1) is 0 Å². The Labute approximate surface area is 155 Å². The van der Waals surface area contributed by atoms with E-state index >= 15 is 0 Å². The highest BCUT2D eigenvalue weighted by Gasteiger charge is 2.29. The van der Waals surface area contributed by atoms with Crippen LogP contribution in [0.3, 0.4) is 0 Å². The van der Waals surface area contributed by atoms with Gasteiger partial charge in [-0.05, 0) is 31.5 Å². The van der Waals surface area contributed by atoms with Gasteiger partial charge in [-0.2, -0.15) is 0 Å². The van der Waals surface area contributed by atoms with Gasteiger partial charge in [0.15, 0.2) is 0 Å². The molecule has 3 rings (SSSR count). The van der Waals surface area contributed by atoms with Gasteiger partial charge in [0.2, 0.25) is 5.89 Å². The van der Waals surface area contributed by atoms with Crippen molar-refractivity contribution in [2.45, 2.75) is 58.0 Å². The summed E-state index contributed by atoms with van der Waals surface area (Å²) in [4.78, 5) is 18.9. The normalized spacial score (nSPS) is 18.9. The minimum atomic E-state index is -0.0522. The van der Waals surface area contributed by atoms with Gasteiger partial charge in [0.1, 0.15) is 11.5 Å². The number of rotatable bonds is 4. The van der Waals surface area contributed by atoms with Gasteiger partial charge in [0, 0.05) is 25.2 Å². The van der Waals surface area contributed by atoms with Gasteiger partial charge in [-0.15, -0.1) is 0 Å². The number of carbonyl (C=O) groups is 1. The van der Waals surface area contributed by atoms with Gasteiger partial charge in [0.05, 0.1) is 18.8 Å². The summed E-state index contributed by atoms with van der Waals surface area (Å²) in [5.41, 5.74) is 1.83. The Bertz CT molecular complexity index is 769. The Kier molecular flexibility index (Phi) is 5.23. The Morgan fingerprint density at radius 1 is 1.35 bits per heavy atom. The molecule has 1 aliphatic heterocycles. The van der Waals surface area contributed by atoms with Crippen LogP contribution in [-0.2, 0) is 19.0 Å². The molecule has 1 N–H and O–H groups in total. The van der Waals surface area contributed by atoms with Crippen LogP contribution in [0.15, 0.2) is 22.7 Å². The molecule has 1 amide bonds. The summed E-state index contributed by atoms with van der Waals surface area (Å²) in [7, 11) is 3.63. The van der Waals surface area contributed by atoms with E-state index in [1.807, 2.05) is 23.9 Å². The zero-order chi connectivity index (χ0) is 18.9. The Morgan fingerprint density at radius 3 is 2.77 bits per heavy atom. The average molecular weight is 358 g/mol. The lowest BCUT2D eigenvalue weighted by atomic mass is 9.94. The molecule has 0 radical (unpaired) electrons. The highest BCUT2D eigenvalue weighted by atomic mass is 16.4. The molecule has 6 heteroatoms. The fourth-order valence-corrected chi connectivity index (χ4v) is 3.64. The van der Waals surface area contributed by atoms with Crippen LogP contribution >= 0.6 is 0 Å². The molecule has 1 atom stereocenters. The van der Waals surface area contributed by atoms with Crippen LogP contribution in [0.25, 0.3) is 0 Å². The maximum absolute atomic E-state index is 12.0. The highest BCUT2D eigenvalue weighted by molar-refractivity contribution is 5.92. The Hall–Kier alpha value is -2.08. The molecule has 0 aliphatic carbocycles. The molecule has 3 heterocycles. The van der Waals surface area contributed by atoms with Gasteiger partial charge in [-0.1, -0.05) is 27.2 Å². The van der Waals surface area contributed by atoms with E-state index in [9.17, 15) is 4.79 Å². The van der Waals surface area contributed by atoms with E-state index in [0.29, 0.717) is 12.2 Å². The van der Waals surface area contributed by atoms with Crippen molar-refractivity contribution in [2.24, 2.45) is 7.05 Å². The van der Waals surface area contributed by atoms with Crippen LogP contribution in [0.1, 0.15) is 73.9 Å². The number of nitrogens with one attached hydrogen (secondary N) is 1. The molecule has 1 aliphatic rings. The van der Waals surface area contributed by atoms with Crippen LogP contribution < -0.4 is 5.32 Å². The first-order chi connectivity index (χ1) is 12.3. The van der Waals surface area contributed by atoms with Crippen LogP contribution in [-0.4, -0.2) is 34.0 Å². The summed E-state index contributed by atoms with van der Waals surface area (Å²) in [5.74, 6) is 1.63. The molecular formula is C20H30N4O2. The average Bonchev–Trinajstić information content (AvgIpc) is 3.21. The van der Waals surface area contributed by atoms with Gasteiger partial charge >= 0.3 is 0 Å². The lowest BCUT2D eigenvalue weighted by Gasteiger charge is -2.35. The summed E-state index contributed by atoms with van der Waals surface area (Å²) in [6.07, 6.45) is 5.30. The lowest BCUT2D eigenvalue weighted by Crippen LogP contribution is -2.34. The van der Waals surface area contributed by atoms with E-state index in [0.717, 1.165) is 24.6 Å². The number of hydrogen-bond acceptors (Lipinski definition) is 4. The minimum Gasteiger partial charge on any atom is -0.444 e. The summed E-state index contributed by atoms with van der Waals surface area (Å²) in [6.45, 7) is 8.10. The van der Waals surface area contributed by atoms with Crippen molar-refractivity contribution in [3.8, 4) is 0 Å². The van der Waals surface area contributed by atoms with Crippen molar-refractivity contribution >= 4 is 5.91 Å². The van der Waals surface area contributed by atoms with Crippen molar-refractivity contribution in [2.75, 3.05) is 13.6 Å². The quantitative estimate of drug-likeness (QED) is 0.910. The number of piperidine rings is 1. The molecule has 26 heavy (non-hydrogen) atoms. The number of oxazole rings is 1. The van der Waals surface area contributed by atoms with E-state index in [2.05, 4.69) is 42.0 Å². The van der Waals surface area contributed by atoms with Crippen molar-refractivity contribution in [3.05, 3.63) is 41.4 Å². The minimum absolute atomic E-state index is 0.0346. The van der Waals surface area contributed by atoms with Gasteiger partial charge in [0.25, 0.3) is 5.91 Å². The fourth-order valence-electron chi connectivity index (χ4n) is 3.64. The molecule has 0 aromatic carbocycles. The molecule has 0 bridgehead atoms. The predicted octanol–water partition coefficient (Wildman–Crippen LogP) is 3.40. The fraction of sp³-hybridized carbons (Fsp3) is 0.600. The maximum Gasteiger partial charge on any atom is 0.267 e. The van der Waals surface area contributed by atoms with E-state index in [4.69, 9.17) is 4.42 Å². The van der Waals surface area contributed by atoms with Gasteiger partial charge in [-0.3, -0.25) is 9.69 Å². The lowest BCUT2D eigenvalue weighted by molar-refractivity contribution is 0.0951. The molecule has 6 nitrogen and oxygen atoms in total. The zero-order valence-corrected chi connectivity index (χ0v) is 16.5. The molecule has 2 aromatic heterocycles. The standard InChI is InChI=1S/C20H30N4O2/c1-20(2,3)17-12-22-18(26-17)13-24-11-7-6-8-15(24)14-9-10-16(23(14)5)19(25)21-4/h9-10,12,15H,6-8,11,13H2,1-5H3,(H,21,25)/t15-/m0/s1. The Morgan fingerprint density at radius 2 is 2.12 bits per heavy atom. The summed E-state index contributed by atoms with van der Waals surface area (Å²) < 4.78 is 8.01. The molecule has 142 valence electrons. The highest BCUT2D eigenvalue weighted by Crippen LogP contribution is 2.33. The molecule has 2 aromatic rings. The number of nitrogens with zero attached hydrogens (tertiary/aromatic N) is 3. The SMILES string of the molecule is CNC(=O)c1ccc([C@@H]2CCCCN2Cc2ncc(C(C)(C)C)o2)n1C. The summed E-state index contributed by atoms with van der Waals surface area (Å²) >= 11 is 0. The second-order valence-corrected chi connectivity index (χ2v) is 8.13. The van der Waals surface area contributed by atoms with Crippen LogP contribution in [0.5, 0.6) is 0 Å². The maximum atomic E-state index is 12.0. The van der Waals surface area contributed by atoms with Crippen LogP contribution in [0.2, 0.25) is 0 Å². The van der Waals surface area contributed by atoms with Crippen molar-refractivity contribution in [1.82, 2.24) is 19.8 Å². The van der Waals surface area contributed by atoms with Crippen molar-refractivity contribution in [1.29, 1.82) is 0 Å². The first-order valence-electron chi connectivity index (χ1n) is 9.38. The van der Waals surface area contributed by atoms with E-state index < -0.39 is 0 Å². The number of amides is 1. The monoisotopic (exact) mass is 358 g/mol. The second kappa shape index (κ2) is 7.27. The third-order valence-electron chi connectivity index (χ3n) is 5.21. The topological polar surface area (TPSA) is 63.3 Å². The largest absolute Gasteiger partial charge is 0.444 e. The van der Waals surface area contributed by atoms with Gasteiger partial charge in [-0.25, -0.2) is 4.98 Å². The molecule has 1 fully saturated rings. The molecule has 1 saturated heterocycles. The molecule has 0 saturated carbocycles. The number of carbonyl (C=O) groups excluding carboxylic acids is 1. The zero-order valence-electron chi connectivity index (χ0n) is 16.5. The summed E-state index contributed by atoms with van der Waals surface area (Å²) in [5, 5.41) is 2.71. The van der Waals surface area contributed by atoms with E-state index in [1.54, 1.807) is 7.05 Å². The third kappa shape index (κ3) is 3.70. The second-order valence-electron chi connectivity index (χ2n) is 8.13. The number of hydrogen-bond donors (Lipinski definition) is 1. The summed E-state index contributed by atoms with van der Waals surface area (Å²) in [6, 6.07) is 4.25. The smallest absolute Gasteiger partial charge is 0.267 e. The molecule has 0 unspecified atom stereocenters.